The van der Waals surface area contributed by atoms with E-state index in [2.05, 4.69) is 9.97 Å². The van der Waals surface area contributed by atoms with Crippen molar-refractivity contribution in [2.45, 2.75) is 4.90 Å². The molecule has 0 aliphatic carbocycles. The summed E-state index contributed by atoms with van der Waals surface area (Å²) in [4.78, 5) is 21.7. The third kappa shape index (κ3) is 4.54. The summed E-state index contributed by atoms with van der Waals surface area (Å²) in [5.74, 6) is -1.97. The molecule has 0 aliphatic rings. The number of hydrogen-bond donors (Lipinski definition) is 2. The lowest BCUT2D eigenvalue weighted by molar-refractivity contribution is 0.0941. The maximum absolute atomic E-state index is 14.4. The Labute approximate surface area is 180 Å². The van der Waals surface area contributed by atoms with E-state index in [1.54, 1.807) is 17.8 Å². The molecule has 2 heterocycles. The highest BCUT2D eigenvalue weighted by atomic mass is 35.5. The third-order valence-electron chi connectivity index (χ3n) is 3.88. The number of carbonyl (C=O) groups excluding carboxylic acids is 1. The van der Waals surface area contributed by atoms with Gasteiger partial charge in [0.25, 0.3) is 15.9 Å². The molecule has 0 saturated heterocycles. The second-order valence-electron chi connectivity index (χ2n) is 5.97. The molecule has 0 aliphatic heterocycles. The first kappa shape index (κ1) is 22.0. The summed E-state index contributed by atoms with van der Waals surface area (Å²) in [6.45, 7) is 0. The van der Waals surface area contributed by atoms with Crippen LogP contribution in [0.3, 0.4) is 0 Å². The third-order valence-corrected chi connectivity index (χ3v) is 5.83. The van der Waals surface area contributed by atoms with E-state index in [0.717, 1.165) is 6.07 Å². The summed E-state index contributed by atoms with van der Waals surface area (Å²) in [5, 5.41) is -0.671. The minimum atomic E-state index is -4.34. The molecule has 3 rings (SSSR count). The van der Waals surface area contributed by atoms with Crippen molar-refractivity contribution >= 4 is 39.1 Å². The molecule has 3 aromatic rings. The molecule has 0 atom stereocenters. The fourth-order valence-corrected chi connectivity index (χ4v) is 3.92. The number of rotatable bonds is 6. The van der Waals surface area contributed by atoms with Crippen LogP contribution in [0.2, 0.25) is 10.2 Å². The predicted octanol–water partition coefficient (Wildman–Crippen LogP) is 2.56. The number of amides is 1. The zero-order valence-electron chi connectivity index (χ0n) is 15.5. The van der Waals surface area contributed by atoms with Crippen molar-refractivity contribution in [3.05, 3.63) is 58.5 Å². The number of ether oxygens (including phenoxy) is 1. The van der Waals surface area contributed by atoms with Gasteiger partial charge in [0, 0.05) is 24.9 Å². The van der Waals surface area contributed by atoms with Gasteiger partial charge in [-0.3, -0.25) is 10.2 Å². The lowest BCUT2D eigenvalue weighted by Gasteiger charge is -2.12. The van der Waals surface area contributed by atoms with Crippen LogP contribution in [-0.2, 0) is 17.1 Å². The fraction of sp³-hybridized carbons (Fsp3) is 0.118. The number of imidazole rings is 1. The van der Waals surface area contributed by atoms with Crippen LogP contribution in [0.4, 0.5) is 4.39 Å². The van der Waals surface area contributed by atoms with Crippen molar-refractivity contribution in [2.75, 3.05) is 7.11 Å². The molecule has 30 heavy (non-hydrogen) atoms. The number of methoxy groups -OCH3 is 1. The van der Waals surface area contributed by atoms with E-state index in [1.165, 1.54) is 31.8 Å². The van der Waals surface area contributed by atoms with Gasteiger partial charge in [-0.05, 0) is 12.1 Å². The molecule has 0 radical (unpaired) electrons. The second kappa shape index (κ2) is 8.56. The van der Waals surface area contributed by atoms with Crippen LogP contribution in [0.1, 0.15) is 10.4 Å². The van der Waals surface area contributed by atoms with Crippen LogP contribution in [0.5, 0.6) is 5.75 Å². The molecular weight excluding hydrogens is 460 g/mol. The standard InChI is InChI=1S/C17H14Cl2FN5O4S/c1-25-7-13(22-8-25)9-3-11(15(20)12(18)4-9)17(26)23-24-30(27,28)14-5-10(29-2)6-21-16(14)19/h3-8,24H,1-2H3,(H,23,26). The van der Waals surface area contributed by atoms with Gasteiger partial charge < -0.3 is 9.30 Å². The first-order valence-electron chi connectivity index (χ1n) is 8.11. The van der Waals surface area contributed by atoms with Crippen molar-refractivity contribution in [1.82, 2.24) is 24.8 Å². The summed E-state index contributed by atoms with van der Waals surface area (Å²) >= 11 is 11.7. The van der Waals surface area contributed by atoms with Gasteiger partial charge >= 0.3 is 0 Å². The first-order chi connectivity index (χ1) is 14.1. The normalized spacial score (nSPS) is 11.4. The van der Waals surface area contributed by atoms with E-state index < -0.39 is 32.2 Å². The number of aromatic nitrogens is 3. The highest BCUT2D eigenvalue weighted by Crippen LogP contribution is 2.27. The predicted molar refractivity (Wildman–Crippen MR) is 107 cm³/mol. The molecule has 9 nitrogen and oxygen atoms in total. The lowest BCUT2D eigenvalue weighted by Crippen LogP contribution is -2.42. The molecule has 0 saturated carbocycles. The number of halogens is 3. The monoisotopic (exact) mass is 473 g/mol. The summed E-state index contributed by atoms with van der Waals surface area (Å²) in [5.41, 5.74) is 2.26. The van der Waals surface area contributed by atoms with Crippen LogP contribution in [-0.4, -0.2) is 36.0 Å². The average molecular weight is 474 g/mol. The van der Waals surface area contributed by atoms with Crippen molar-refractivity contribution in [2.24, 2.45) is 7.05 Å². The molecule has 13 heteroatoms. The van der Waals surface area contributed by atoms with Gasteiger partial charge in [0.2, 0.25) is 0 Å². The molecule has 0 spiro atoms. The molecule has 0 bridgehead atoms. The van der Waals surface area contributed by atoms with E-state index >= 15 is 0 Å². The Kier molecular flexibility index (Phi) is 6.27. The quantitative estimate of drug-likeness (QED) is 0.419. The Bertz CT molecular complexity index is 1230. The summed E-state index contributed by atoms with van der Waals surface area (Å²) in [6.07, 6.45) is 4.39. The molecular formula is C17H14Cl2FN5O4S. The number of sulfonamides is 1. The molecule has 2 N–H and O–H groups in total. The Morgan fingerprint density at radius 3 is 2.60 bits per heavy atom. The van der Waals surface area contributed by atoms with Crippen LogP contribution >= 0.6 is 23.2 Å². The van der Waals surface area contributed by atoms with Crippen molar-refractivity contribution in [3.8, 4) is 17.0 Å². The largest absolute Gasteiger partial charge is 0.495 e. The van der Waals surface area contributed by atoms with Crippen LogP contribution in [0.15, 0.2) is 41.8 Å². The minimum absolute atomic E-state index is 0.131. The Balaban J connectivity index is 1.87. The summed E-state index contributed by atoms with van der Waals surface area (Å²) < 4.78 is 45.9. The molecule has 1 amide bonds. The molecule has 1 aromatic carbocycles. The Morgan fingerprint density at radius 2 is 1.97 bits per heavy atom. The van der Waals surface area contributed by atoms with Crippen molar-refractivity contribution in [1.29, 1.82) is 0 Å². The van der Waals surface area contributed by atoms with Gasteiger partial charge in [0.05, 0.1) is 35.9 Å². The van der Waals surface area contributed by atoms with E-state index in [0.29, 0.717) is 11.3 Å². The average Bonchev–Trinajstić information content (AvgIpc) is 3.14. The highest BCUT2D eigenvalue weighted by molar-refractivity contribution is 7.89. The first-order valence-corrected chi connectivity index (χ1v) is 10.4. The number of pyridine rings is 1. The maximum Gasteiger partial charge on any atom is 0.269 e. The fourth-order valence-electron chi connectivity index (χ4n) is 2.41. The summed E-state index contributed by atoms with van der Waals surface area (Å²) in [7, 11) is -1.28. The van der Waals surface area contributed by atoms with Crippen LogP contribution in [0, 0.1) is 5.82 Å². The van der Waals surface area contributed by atoms with E-state index in [4.69, 9.17) is 27.9 Å². The smallest absolute Gasteiger partial charge is 0.269 e. The zero-order valence-corrected chi connectivity index (χ0v) is 17.8. The number of aryl methyl sites for hydroxylation is 1. The number of carbonyl (C=O) groups is 1. The van der Waals surface area contributed by atoms with E-state index in [9.17, 15) is 17.6 Å². The topological polar surface area (TPSA) is 115 Å². The van der Waals surface area contributed by atoms with Crippen molar-refractivity contribution < 1.29 is 22.3 Å². The lowest BCUT2D eigenvalue weighted by atomic mass is 10.1. The summed E-state index contributed by atoms with van der Waals surface area (Å²) in [6, 6.07) is 3.62. The Morgan fingerprint density at radius 1 is 1.23 bits per heavy atom. The van der Waals surface area contributed by atoms with Crippen LogP contribution < -0.4 is 15.0 Å². The Hall–Kier alpha value is -2.73. The van der Waals surface area contributed by atoms with Gasteiger partial charge in [-0.2, -0.15) is 0 Å². The minimum Gasteiger partial charge on any atom is -0.495 e. The van der Waals surface area contributed by atoms with Gasteiger partial charge in [0.15, 0.2) is 5.82 Å². The second-order valence-corrected chi connectivity index (χ2v) is 8.38. The van der Waals surface area contributed by atoms with Gasteiger partial charge in [-0.25, -0.2) is 22.8 Å². The molecule has 0 unspecified atom stereocenters. The SMILES string of the molecule is COc1cnc(Cl)c(S(=O)(=O)NNC(=O)c2cc(-c3cn(C)cn3)cc(Cl)c2F)c1. The van der Waals surface area contributed by atoms with E-state index in [-0.39, 0.29) is 15.9 Å². The number of hydrazine groups is 1. The molecule has 2 aromatic heterocycles. The number of nitrogens with zero attached hydrogens (tertiary/aromatic N) is 3. The van der Waals surface area contributed by atoms with Crippen LogP contribution in [0.25, 0.3) is 11.3 Å². The number of benzene rings is 1. The number of hydrogen-bond acceptors (Lipinski definition) is 6. The van der Waals surface area contributed by atoms with Gasteiger partial charge in [-0.1, -0.05) is 23.2 Å². The van der Waals surface area contributed by atoms with E-state index in [1.807, 2.05) is 10.3 Å². The highest BCUT2D eigenvalue weighted by Gasteiger charge is 2.23. The molecule has 0 fully saturated rings. The zero-order chi connectivity index (χ0) is 22.1. The van der Waals surface area contributed by atoms with Gasteiger partial charge in [-0.15, -0.1) is 4.83 Å². The van der Waals surface area contributed by atoms with Crippen molar-refractivity contribution in [3.63, 3.8) is 0 Å². The van der Waals surface area contributed by atoms with Gasteiger partial charge in [0.1, 0.15) is 15.8 Å². The maximum atomic E-state index is 14.4. The number of nitrogens with one attached hydrogen (secondary N) is 2. The molecule has 158 valence electrons.